The molecule has 2 heteroatoms. The van der Waals surface area contributed by atoms with Gasteiger partial charge in [-0.1, -0.05) is 43.7 Å². The lowest BCUT2D eigenvalue weighted by Crippen LogP contribution is -1.94. The van der Waals surface area contributed by atoms with Crippen LogP contribution in [0.5, 0.6) is 5.75 Å². The highest BCUT2D eigenvalue weighted by molar-refractivity contribution is 5.64. The molecule has 0 atom stereocenters. The van der Waals surface area contributed by atoms with E-state index in [9.17, 15) is 4.39 Å². The Bertz CT molecular complexity index is 531. The van der Waals surface area contributed by atoms with Crippen LogP contribution in [0, 0.1) is 5.82 Å². The first kappa shape index (κ1) is 13.6. The monoisotopic (exact) mass is 258 g/mol. The molecule has 1 nitrogen and oxygen atoms in total. The third-order valence-electron chi connectivity index (χ3n) is 3.06. The van der Waals surface area contributed by atoms with Crippen molar-refractivity contribution in [2.24, 2.45) is 0 Å². The molecule has 0 saturated carbocycles. The van der Waals surface area contributed by atoms with Crippen LogP contribution in [0.4, 0.5) is 4.39 Å². The Hall–Kier alpha value is -1.83. The largest absolute Gasteiger partial charge is 0.491 e. The van der Waals surface area contributed by atoms with Gasteiger partial charge in [0.05, 0.1) is 6.61 Å². The Labute approximate surface area is 114 Å². The zero-order valence-electron chi connectivity index (χ0n) is 11.4. The van der Waals surface area contributed by atoms with Gasteiger partial charge >= 0.3 is 0 Å². The van der Waals surface area contributed by atoms with Gasteiger partial charge in [-0.05, 0) is 42.2 Å². The maximum absolute atomic E-state index is 13.8. The highest BCUT2D eigenvalue weighted by Gasteiger charge is 2.05. The van der Waals surface area contributed by atoms with Gasteiger partial charge in [-0.2, -0.15) is 0 Å². The van der Waals surface area contributed by atoms with E-state index in [0.717, 1.165) is 24.0 Å². The van der Waals surface area contributed by atoms with Crippen LogP contribution >= 0.6 is 0 Å². The molecule has 100 valence electrons. The summed E-state index contributed by atoms with van der Waals surface area (Å²) in [5.41, 5.74) is 3.23. The SMILES string of the molecule is CCCc1ccc(-c2ccc(OCC)c(F)c2)cc1. The molecule has 2 aromatic rings. The molecular formula is C17H19FO. The lowest BCUT2D eigenvalue weighted by atomic mass is 10.0. The van der Waals surface area contributed by atoms with Gasteiger partial charge in [0, 0.05) is 0 Å². The standard InChI is InChI=1S/C17H19FO/c1-3-5-13-6-8-14(9-7-13)15-10-11-17(19-4-2)16(18)12-15/h6-12H,3-5H2,1-2H3. The highest BCUT2D eigenvalue weighted by atomic mass is 19.1. The van der Waals surface area contributed by atoms with Crippen LogP contribution < -0.4 is 4.74 Å². The maximum Gasteiger partial charge on any atom is 0.165 e. The molecule has 19 heavy (non-hydrogen) atoms. The number of ether oxygens (including phenoxy) is 1. The van der Waals surface area contributed by atoms with Crippen LogP contribution in [0.2, 0.25) is 0 Å². The van der Waals surface area contributed by atoms with E-state index < -0.39 is 0 Å². The summed E-state index contributed by atoms with van der Waals surface area (Å²) in [5, 5.41) is 0. The van der Waals surface area contributed by atoms with Crippen molar-refractivity contribution in [3.8, 4) is 16.9 Å². The van der Waals surface area contributed by atoms with E-state index in [4.69, 9.17) is 4.74 Å². The summed E-state index contributed by atoms with van der Waals surface area (Å²) >= 11 is 0. The molecule has 0 bridgehead atoms. The minimum absolute atomic E-state index is 0.308. The maximum atomic E-state index is 13.8. The van der Waals surface area contributed by atoms with Gasteiger partial charge in [0.2, 0.25) is 0 Å². The molecule has 0 spiro atoms. The van der Waals surface area contributed by atoms with Gasteiger partial charge in [0.1, 0.15) is 0 Å². The van der Waals surface area contributed by atoms with Gasteiger partial charge in [-0.15, -0.1) is 0 Å². The average molecular weight is 258 g/mol. The first-order valence-electron chi connectivity index (χ1n) is 6.76. The van der Waals surface area contributed by atoms with Crippen LogP contribution in [0.3, 0.4) is 0 Å². The van der Waals surface area contributed by atoms with Gasteiger partial charge in [-0.25, -0.2) is 4.39 Å². The van der Waals surface area contributed by atoms with Crippen LogP contribution in [0.1, 0.15) is 25.8 Å². The van der Waals surface area contributed by atoms with Crippen LogP contribution in [0.15, 0.2) is 42.5 Å². The lowest BCUT2D eigenvalue weighted by Gasteiger charge is -2.08. The second-order valence-corrected chi connectivity index (χ2v) is 4.53. The molecule has 0 aliphatic carbocycles. The number of hydrogen-bond acceptors (Lipinski definition) is 1. The van der Waals surface area contributed by atoms with Crippen molar-refractivity contribution in [2.75, 3.05) is 6.61 Å². The Balaban J connectivity index is 2.24. The summed E-state index contributed by atoms with van der Waals surface area (Å²) in [5.74, 6) is 0.00541. The smallest absolute Gasteiger partial charge is 0.165 e. The fraction of sp³-hybridized carbons (Fsp3) is 0.294. The topological polar surface area (TPSA) is 9.23 Å². The second-order valence-electron chi connectivity index (χ2n) is 4.53. The number of halogens is 1. The van der Waals surface area contributed by atoms with Crippen molar-refractivity contribution in [3.63, 3.8) is 0 Å². The van der Waals surface area contributed by atoms with Crippen molar-refractivity contribution in [3.05, 3.63) is 53.8 Å². The van der Waals surface area contributed by atoms with Crippen molar-refractivity contribution in [2.45, 2.75) is 26.7 Å². The summed E-state index contributed by atoms with van der Waals surface area (Å²) in [6.45, 7) is 4.48. The minimum atomic E-state index is -0.308. The molecule has 0 aromatic heterocycles. The van der Waals surface area contributed by atoms with Gasteiger partial charge < -0.3 is 4.74 Å². The molecule has 0 N–H and O–H groups in total. The number of hydrogen-bond donors (Lipinski definition) is 0. The minimum Gasteiger partial charge on any atom is -0.491 e. The van der Waals surface area contributed by atoms with E-state index in [1.54, 1.807) is 6.07 Å². The molecule has 0 unspecified atom stereocenters. The second kappa shape index (κ2) is 6.37. The Morgan fingerprint density at radius 3 is 2.21 bits per heavy atom. The van der Waals surface area contributed by atoms with Crippen molar-refractivity contribution < 1.29 is 9.13 Å². The molecule has 0 fully saturated rings. The predicted molar refractivity (Wildman–Crippen MR) is 77.0 cm³/mol. The molecule has 0 saturated heterocycles. The Morgan fingerprint density at radius 1 is 0.947 bits per heavy atom. The molecule has 0 amide bonds. The number of aryl methyl sites for hydroxylation is 1. The van der Waals surface area contributed by atoms with E-state index in [1.807, 2.05) is 25.1 Å². The molecule has 0 aliphatic rings. The Morgan fingerprint density at radius 2 is 1.63 bits per heavy atom. The number of benzene rings is 2. The lowest BCUT2D eigenvalue weighted by molar-refractivity contribution is 0.321. The molecule has 0 heterocycles. The van der Waals surface area contributed by atoms with Crippen LogP contribution in [-0.2, 0) is 6.42 Å². The Kier molecular flexibility index (Phi) is 4.56. The summed E-state index contributed by atoms with van der Waals surface area (Å²) in [6, 6.07) is 13.4. The normalized spacial score (nSPS) is 10.5. The third-order valence-corrected chi connectivity index (χ3v) is 3.06. The zero-order chi connectivity index (χ0) is 13.7. The molecule has 2 aromatic carbocycles. The zero-order valence-corrected chi connectivity index (χ0v) is 11.4. The van der Waals surface area contributed by atoms with Crippen molar-refractivity contribution >= 4 is 0 Å². The third kappa shape index (κ3) is 3.34. The van der Waals surface area contributed by atoms with Gasteiger partial charge in [0.25, 0.3) is 0 Å². The van der Waals surface area contributed by atoms with Crippen molar-refractivity contribution in [1.29, 1.82) is 0 Å². The van der Waals surface area contributed by atoms with Crippen LogP contribution in [0.25, 0.3) is 11.1 Å². The van der Waals surface area contributed by atoms with Crippen LogP contribution in [-0.4, -0.2) is 6.61 Å². The quantitative estimate of drug-likeness (QED) is 0.745. The van der Waals surface area contributed by atoms with E-state index in [-0.39, 0.29) is 5.82 Å². The van der Waals surface area contributed by atoms with Gasteiger partial charge in [0.15, 0.2) is 11.6 Å². The van der Waals surface area contributed by atoms with E-state index >= 15 is 0 Å². The molecule has 0 aliphatic heterocycles. The highest BCUT2D eigenvalue weighted by Crippen LogP contribution is 2.26. The van der Waals surface area contributed by atoms with E-state index in [2.05, 4.69) is 19.1 Å². The number of rotatable bonds is 5. The summed E-state index contributed by atoms with van der Waals surface area (Å²) in [6.07, 6.45) is 2.22. The summed E-state index contributed by atoms with van der Waals surface area (Å²) < 4.78 is 19.0. The molecular weight excluding hydrogens is 239 g/mol. The first-order chi connectivity index (χ1) is 9.24. The first-order valence-corrected chi connectivity index (χ1v) is 6.76. The van der Waals surface area contributed by atoms with Gasteiger partial charge in [-0.3, -0.25) is 0 Å². The van der Waals surface area contributed by atoms with E-state index in [0.29, 0.717) is 12.4 Å². The predicted octanol–water partition coefficient (Wildman–Crippen LogP) is 4.84. The van der Waals surface area contributed by atoms with E-state index in [1.165, 1.54) is 11.6 Å². The molecule has 0 radical (unpaired) electrons. The average Bonchev–Trinajstić information content (AvgIpc) is 2.43. The fourth-order valence-electron chi connectivity index (χ4n) is 2.11. The summed E-state index contributed by atoms with van der Waals surface area (Å²) in [7, 11) is 0. The molecule has 2 rings (SSSR count). The fourth-order valence-corrected chi connectivity index (χ4v) is 2.11. The summed E-state index contributed by atoms with van der Waals surface area (Å²) in [4.78, 5) is 0. The van der Waals surface area contributed by atoms with Crippen molar-refractivity contribution in [1.82, 2.24) is 0 Å².